The van der Waals surface area contributed by atoms with Gasteiger partial charge in [-0.2, -0.15) is 0 Å². The molecule has 2 aliphatic heterocycles. The third-order valence-corrected chi connectivity index (χ3v) is 6.60. The lowest BCUT2D eigenvalue weighted by Crippen LogP contribution is -2.50. The fourth-order valence-electron chi connectivity index (χ4n) is 4.70. The first-order valence-corrected chi connectivity index (χ1v) is 12.7. The van der Waals surface area contributed by atoms with E-state index in [0.29, 0.717) is 13.0 Å². The second-order valence-electron chi connectivity index (χ2n) is 9.17. The van der Waals surface area contributed by atoms with E-state index in [2.05, 4.69) is 28.1 Å². The summed E-state index contributed by atoms with van der Waals surface area (Å²) in [5.74, 6) is 0.980. The Kier molecular flexibility index (Phi) is 10.7. The summed E-state index contributed by atoms with van der Waals surface area (Å²) >= 11 is 0. The first kappa shape index (κ1) is 24.9. The van der Waals surface area contributed by atoms with E-state index < -0.39 is 12.3 Å². The molecular formula is C25H42N4O3. The van der Waals surface area contributed by atoms with Crippen LogP contribution in [0.4, 0.5) is 5.82 Å². The lowest BCUT2D eigenvalue weighted by atomic mass is 9.96. The molecule has 0 bridgehead atoms. The number of aliphatic hydroxyl groups excluding tert-OH is 1. The van der Waals surface area contributed by atoms with E-state index in [9.17, 15) is 9.90 Å². The maximum atomic E-state index is 12.4. The van der Waals surface area contributed by atoms with Gasteiger partial charge in [0.05, 0.1) is 6.61 Å². The molecule has 32 heavy (non-hydrogen) atoms. The molecule has 3 rings (SSSR count). The topological polar surface area (TPSA) is 95.5 Å². The van der Waals surface area contributed by atoms with Crippen molar-refractivity contribution in [3.63, 3.8) is 0 Å². The molecule has 1 aromatic rings. The average Bonchev–Trinajstić information content (AvgIpc) is 2.83. The second kappa shape index (κ2) is 13.8. The number of carbonyl (C=O) groups excluding carboxylic acids is 1. The Bertz CT molecular complexity index is 694. The zero-order valence-corrected chi connectivity index (χ0v) is 19.7. The summed E-state index contributed by atoms with van der Waals surface area (Å²) in [5, 5.41) is 20.4. The zero-order chi connectivity index (χ0) is 22.6. The van der Waals surface area contributed by atoms with E-state index >= 15 is 0 Å². The van der Waals surface area contributed by atoms with Gasteiger partial charge in [-0.25, -0.2) is 4.98 Å². The maximum absolute atomic E-state index is 12.4. The molecule has 180 valence electrons. The van der Waals surface area contributed by atoms with Gasteiger partial charge in [0.2, 0.25) is 0 Å². The molecular weight excluding hydrogens is 404 g/mol. The van der Waals surface area contributed by atoms with Gasteiger partial charge in [-0.15, -0.1) is 0 Å². The number of piperidine rings is 1. The van der Waals surface area contributed by atoms with Crippen molar-refractivity contribution in [1.29, 1.82) is 0 Å². The van der Waals surface area contributed by atoms with Crippen LogP contribution >= 0.6 is 0 Å². The van der Waals surface area contributed by atoms with Crippen molar-refractivity contribution in [1.82, 2.24) is 15.6 Å². The molecule has 0 amide bonds. The number of rotatable bonds is 13. The summed E-state index contributed by atoms with van der Waals surface area (Å²) in [6.07, 6.45) is 10.9. The molecule has 2 aliphatic rings. The third kappa shape index (κ3) is 8.01. The predicted molar refractivity (Wildman–Crippen MR) is 128 cm³/mol. The highest BCUT2D eigenvalue weighted by atomic mass is 16.5. The molecule has 0 spiro atoms. The van der Waals surface area contributed by atoms with Gasteiger partial charge in [0.15, 0.2) is 0 Å². The minimum Gasteiger partial charge on any atom is -0.465 e. The summed E-state index contributed by atoms with van der Waals surface area (Å²) in [6, 6.07) is 3.97. The van der Waals surface area contributed by atoms with Crippen LogP contribution in [0.15, 0.2) is 12.1 Å². The Morgan fingerprint density at radius 3 is 2.88 bits per heavy atom. The number of hydrogen-bond acceptors (Lipinski definition) is 7. The fraction of sp³-hybridized carbons (Fsp3) is 0.760. The Morgan fingerprint density at radius 2 is 2.06 bits per heavy atom. The Hall–Kier alpha value is -1.70. The summed E-state index contributed by atoms with van der Waals surface area (Å²) in [5.41, 5.74) is 2.52. The van der Waals surface area contributed by atoms with Crippen molar-refractivity contribution in [3.05, 3.63) is 23.4 Å². The lowest BCUT2D eigenvalue weighted by molar-refractivity contribution is -0.147. The molecule has 1 fully saturated rings. The minimum absolute atomic E-state index is 0.146. The third-order valence-electron chi connectivity index (χ3n) is 6.60. The standard InChI is InChI=1S/C25H42N4O3/c1-2-32-25(31)22(29-24(30)20-11-8-16-26-18-20)13-7-5-3-4-6-12-21-15-14-19-10-9-17-27-23(19)28-21/h14-15,20,22,24,26,29-30H,2-13,16-18H2,1H3,(H,27,28)/t20-,22-,24?/m0/s1. The van der Waals surface area contributed by atoms with E-state index in [4.69, 9.17) is 9.72 Å². The van der Waals surface area contributed by atoms with E-state index in [1.54, 1.807) is 0 Å². The second-order valence-corrected chi connectivity index (χ2v) is 9.17. The molecule has 0 aliphatic carbocycles. The Morgan fingerprint density at radius 1 is 1.22 bits per heavy atom. The van der Waals surface area contributed by atoms with Crippen LogP contribution in [0.1, 0.15) is 76.0 Å². The summed E-state index contributed by atoms with van der Waals surface area (Å²) < 4.78 is 5.24. The molecule has 3 atom stereocenters. The van der Waals surface area contributed by atoms with Crippen LogP contribution in [0.3, 0.4) is 0 Å². The molecule has 4 N–H and O–H groups in total. The zero-order valence-electron chi connectivity index (χ0n) is 19.7. The van der Waals surface area contributed by atoms with Gasteiger partial charge in [0.1, 0.15) is 18.1 Å². The first-order valence-electron chi connectivity index (χ1n) is 12.7. The molecule has 3 heterocycles. The largest absolute Gasteiger partial charge is 0.465 e. The minimum atomic E-state index is -0.671. The number of ether oxygens (including phenoxy) is 1. The van der Waals surface area contributed by atoms with Crippen molar-refractivity contribution in [2.24, 2.45) is 5.92 Å². The number of fused-ring (bicyclic) bond motifs is 1. The number of anilines is 1. The average molecular weight is 447 g/mol. The van der Waals surface area contributed by atoms with Crippen molar-refractivity contribution in [3.8, 4) is 0 Å². The monoisotopic (exact) mass is 446 g/mol. The van der Waals surface area contributed by atoms with E-state index in [-0.39, 0.29) is 11.9 Å². The number of nitrogens with one attached hydrogen (secondary N) is 3. The van der Waals surface area contributed by atoms with Crippen molar-refractivity contribution >= 4 is 11.8 Å². The number of aliphatic hydroxyl groups is 1. The number of pyridine rings is 1. The summed E-state index contributed by atoms with van der Waals surface area (Å²) in [6.45, 7) is 5.01. The Balaban J connectivity index is 1.32. The molecule has 0 saturated carbocycles. The van der Waals surface area contributed by atoms with Crippen molar-refractivity contribution in [2.75, 3.05) is 31.6 Å². The van der Waals surface area contributed by atoms with Crippen LogP contribution in [0.25, 0.3) is 0 Å². The fourth-order valence-corrected chi connectivity index (χ4v) is 4.70. The van der Waals surface area contributed by atoms with Gasteiger partial charge < -0.3 is 20.5 Å². The van der Waals surface area contributed by atoms with Crippen molar-refractivity contribution < 1.29 is 14.6 Å². The number of unbranched alkanes of at least 4 members (excludes halogenated alkanes) is 4. The molecule has 1 aromatic heterocycles. The molecule has 7 heteroatoms. The van der Waals surface area contributed by atoms with E-state index in [1.807, 2.05) is 6.92 Å². The molecule has 1 unspecified atom stereocenters. The number of nitrogens with zero attached hydrogens (tertiary/aromatic N) is 1. The quantitative estimate of drug-likeness (QED) is 0.210. The van der Waals surface area contributed by atoms with E-state index in [0.717, 1.165) is 76.8 Å². The van der Waals surface area contributed by atoms with E-state index in [1.165, 1.54) is 24.1 Å². The van der Waals surface area contributed by atoms with Crippen molar-refractivity contribution in [2.45, 2.75) is 89.8 Å². The smallest absolute Gasteiger partial charge is 0.323 e. The molecule has 0 aromatic carbocycles. The van der Waals surface area contributed by atoms with Gasteiger partial charge in [0, 0.05) is 24.7 Å². The van der Waals surface area contributed by atoms with Crippen LogP contribution in [0.2, 0.25) is 0 Å². The summed E-state index contributed by atoms with van der Waals surface area (Å²) in [4.78, 5) is 17.1. The highest BCUT2D eigenvalue weighted by Crippen LogP contribution is 2.21. The number of esters is 1. The first-order chi connectivity index (χ1) is 15.7. The normalized spacial score (nSPS) is 20.1. The van der Waals surface area contributed by atoms with Crippen LogP contribution in [0.5, 0.6) is 0 Å². The van der Waals surface area contributed by atoms with Gasteiger partial charge in [-0.3, -0.25) is 10.1 Å². The number of aromatic nitrogens is 1. The Labute approximate surface area is 193 Å². The SMILES string of the molecule is CCOC(=O)[C@H](CCCCCCCc1ccc2c(n1)NCCC2)NC(O)[C@H]1CCCNC1. The van der Waals surface area contributed by atoms with Gasteiger partial charge in [-0.05, 0) is 70.0 Å². The summed E-state index contributed by atoms with van der Waals surface area (Å²) in [7, 11) is 0. The molecule has 0 radical (unpaired) electrons. The highest BCUT2D eigenvalue weighted by molar-refractivity contribution is 5.75. The van der Waals surface area contributed by atoms with Gasteiger partial charge in [0.25, 0.3) is 0 Å². The molecule has 7 nitrogen and oxygen atoms in total. The molecule has 1 saturated heterocycles. The van der Waals surface area contributed by atoms with Crippen LogP contribution in [-0.2, 0) is 22.4 Å². The van der Waals surface area contributed by atoms with Gasteiger partial charge >= 0.3 is 5.97 Å². The van der Waals surface area contributed by atoms with Crippen LogP contribution in [-0.4, -0.2) is 54.6 Å². The highest BCUT2D eigenvalue weighted by Gasteiger charge is 2.27. The van der Waals surface area contributed by atoms with Crippen LogP contribution in [0, 0.1) is 5.92 Å². The number of aryl methyl sites for hydroxylation is 2. The maximum Gasteiger partial charge on any atom is 0.323 e. The van der Waals surface area contributed by atoms with Crippen LogP contribution < -0.4 is 16.0 Å². The van der Waals surface area contributed by atoms with Gasteiger partial charge in [-0.1, -0.05) is 31.7 Å². The number of hydrogen-bond donors (Lipinski definition) is 4. The number of carbonyl (C=O) groups is 1. The lowest BCUT2D eigenvalue weighted by Gasteiger charge is -2.30. The predicted octanol–water partition coefficient (Wildman–Crippen LogP) is 3.16.